The molecule has 0 fully saturated rings. The Kier molecular flexibility index (Phi) is 21.4. The Labute approximate surface area is 470 Å². The van der Waals surface area contributed by atoms with Crippen LogP contribution in [0.25, 0.3) is 49.9 Å². The summed E-state index contributed by atoms with van der Waals surface area (Å²) in [5.74, 6) is 1.50. The van der Waals surface area contributed by atoms with Crippen LogP contribution in [0.2, 0.25) is 13.6 Å². The minimum absolute atomic E-state index is 0. The van der Waals surface area contributed by atoms with E-state index in [1.54, 1.807) is 58.2 Å². The molecule has 6 aromatic heterocycles. The average molecular weight is 999 g/mol. The maximum absolute atomic E-state index is 9.53. The molecule has 9 rings (SSSR count). The molecule has 4 radical (unpaired) electrons. The Morgan fingerprint density at radius 2 is 0.771 bits per heavy atom. The van der Waals surface area contributed by atoms with Crippen LogP contribution < -0.4 is 74.1 Å². The molecular formula is C56H63B3N9ORb. The summed E-state index contributed by atoms with van der Waals surface area (Å²) in [7, 11) is 11.9. The van der Waals surface area contributed by atoms with Crippen molar-refractivity contribution in [2.45, 2.75) is 93.7 Å². The molecule has 0 unspecified atom stereocenters. The summed E-state index contributed by atoms with van der Waals surface area (Å²) in [6, 6.07) is 37.8. The van der Waals surface area contributed by atoms with Crippen LogP contribution in [0.15, 0.2) is 128 Å². The second-order valence-corrected chi connectivity index (χ2v) is 17.6. The van der Waals surface area contributed by atoms with E-state index in [1.165, 1.54) is 16.7 Å². The van der Waals surface area contributed by atoms with Gasteiger partial charge in [0.25, 0.3) is 0 Å². The van der Waals surface area contributed by atoms with Gasteiger partial charge in [-0.25, -0.2) is 13.5 Å². The molecule has 348 valence electrons. The molecule has 3 aromatic carbocycles. The van der Waals surface area contributed by atoms with Gasteiger partial charge in [-0.2, -0.15) is 31.1 Å². The third-order valence-corrected chi connectivity index (χ3v) is 11.0. The van der Waals surface area contributed by atoms with E-state index in [0.717, 1.165) is 55.5 Å². The van der Waals surface area contributed by atoms with Gasteiger partial charge < -0.3 is 5.02 Å². The summed E-state index contributed by atoms with van der Waals surface area (Å²) < 4.78 is 5.12. The molecule has 6 heterocycles. The summed E-state index contributed by atoms with van der Waals surface area (Å²) in [4.78, 5) is 0. The quantitative estimate of drug-likeness (QED) is 0.153. The van der Waals surface area contributed by atoms with Gasteiger partial charge >= 0.3 is 58.2 Å². The van der Waals surface area contributed by atoms with Crippen LogP contribution in [-0.2, 0) is 0 Å². The van der Waals surface area contributed by atoms with E-state index in [1.807, 2.05) is 39.1 Å². The molecule has 10 nitrogen and oxygen atoms in total. The van der Waals surface area contributed by atoms with Gasteiger partial charge in [0.1, 0.15) is 33.9 Å². The first-order valence-electron chi connectivity index (χ1n) is 23.2. The van der Waals surface area contributed by atoms with Crippen molar-refractivity contribution >= 4 is 50.1 Å². The third-order valence-electron chi connectivity index (χ3n) is 11.0. The first kappa shape index (κ1) is 56.7. The van der Waals surface area contributed by atoms with Crippen molar-refractivity contribution in [3.8, 4) is 51.6 Å². The van der Waals surface area contributed by atoms with Crippen molar-refractivity contribution in [3.63, 3.8) is 0 Å². The summed E-state index contributed by atoms with van der Waals surface area (Å²) in [6.07, 6.45) is 10.2. The molecule has 9 aromatic rings. The summed E-state index contributed by atoms with van der Waals surface area (Å²) >= 11 is 0. The number of aryl methyl sites for hydroxylation is 1. The van der Waals surface area contributed by atoms with Crippen LogP contribution in [0.5, 0.6) is 0 Å². The predicted molar refractivity (Wildman–Crippen MR) is 289 cm³/mol. The second kappa shape index (κ2) is 26.4. The van der Waals surface area contributed by atoms with Gasteiger partial charge in [-0.1, -0.05) is 151 Å². The number of pyridine rings is 3. The van der Waals surface area contributed by atoms with Gasteiger partial charge in [0.05, 0.1) is 51.8 Å². The van der Waals surface area contributed by atoms with E-state index < -0.39 is 6.92 Å². The number of fused-ring (bicyclic) bond motifs is 3. The van der Waals surface area contributed by atoms with Crippen LogP contribution in [0.1, 0.15) is 116 Å². The van der Waals surface area contributed by atoms with Crippen molar-refractivity contribution in [2.24, 2.45) is 0 Å². The number of benzene rings is 3. The molecule has 0 saturated carbocycles. The Balaban J connectivity index is 0.000000505. The summed E-state index contributed by atoms with van der Waals surface area (Å²) in [6.45, 7) is 21.9. The van der Waals surface area contributed by atoms with Crippen molar-refractivity contribution in [2.75, 3.05) is 0 Å². The van der Waals surface area contributed by atoms with E-state index in [2.05, 4.69) is 154 Å². The zero-order valence-electron chi connectivity index (χ0n) is 42.5. The van der Waals surface area contributed by atoms with Gasteiger partial charge in [-0.05, 0) is 69.7 Å². The van der Waals surface area contributed by atoms with Crippen molar-refractivity contribution in [1.82, 2.24) is 28.8 Å². The number of nitriles is 3. The molecule has 0 aliphatic carbocycles. The first-order valence-corrected chi connectivity index (χ1v) is 23.2. The van der Waals surface area contributed by atoms with Gasteiger partial charge in [0.2, 0.25) is 0 Å². The minimum Gasteiger partial charge on any atom is -0.880 e. The van der Waals surface area contributed by atoms with E-state index in [4.69, 9.17) is 15.7 Å². The molecule has 0 saturated heterocycles. The van der Waals surface area contributed by atoms with Gasteiger partial charge in [0, 0.05) is 46.5 Å². The topological polar surface area (TPSA) is 146 Å². The smallest absolute Gasteiger partial charge is 0.880 e. The van der Waals surface area contributed by atoms with Gasteiger partial charge in [-0.3, -0.25) is 0 Å². The second-order valence-electron chi connectivity index (χ2n) is 17.6. The zero-order chi connectivity index (χ0) is 50.5. The largest absolute Gasteiger partial charge is 1.00 e. The van der Waals surface area contributed by atoms with Gasteiger partial charge in [-0.15, -0.1) is 13.6 Å². The Morgan fingerprint density at radius 3 is 1.03 bits per heavy atom. The molecular weight excluding hydrogens is 933 g/mol. The molecule has 0 aliphatic heterocycles. The number of nitrogens with zero attached hydrogens (tertiary/aromatic N) is 9. The van der Waals surface area contributed by atoms with Crippen LogP contribution in [-0.4, -0.2) is 51.5 Å². The SMILES string of the molecule is CB(C)[O-].CC.Cc1cc(-c2ccc(C(C)C)cc2)c2c(C#N)cnn2c1.[2HH].[2HH].[2HH].[B]c1cc(-c2ccc(C(C)C)cc2)c2c(C#N)cnn2c1.[B]c1cc(-c2ccc(C(C)C)cc2)c2c(C#N)cnn2c1.[Rb+]. The molecule has 70 heavy (non-hydrogen) atoms. The Morgan fingerprint density at radius 1 is 0.514 bits per heavy atom. The maximum atomic E-state index is 9.53. The van der Waals surface area contributed by atoms with Crippen molar-refractivity contribution in [3.05, 3.63) is 167 Å². The van der Waals surface area contributed by atoms with E-state index >= 15 is 0 Å². The molecule has 0 aliphatic rings. The molecule has 0 amide bonds. The van der Waals surface area contributed by atoms with Crippen molar-refractivity contribution in [1.29, 1.82) is 15.8 Å². The monoisotopic (exact) mass is 998 g/mol. The zero-order valence-corrected chi connectivity index (χ0v) is 47.4. The molecule has 0 N–H and O–H groups in total. The van der Waals surface area contributed by atoms with Gasteiger partial charge in [0.15, 0.2) is 0 Å². The molecule has 0 spiro atoms. The minimum atomic E-state index is -0.417. The molecule has 0 atom stereocenters. The predicted octanol–water partition coefficient (Wildman–Crippen LogP) is 8.25. The van der Waals surface area contributed by atoms with E-state index in [9.17, 15) is 20.8 Å². The van der Waals surface area contributed by atoms with Crippen LogP contribution in [0, 0.1) is 40.9 Å². The summed E-state index contributed by atoms with van der Waals surface area (Å²) in [5, 5.41) is 50.0. The fourth-order valence-corrected chi connectivity index (χ4v) is 7.59. The normalized spacial score (nSPS) is 10.3. The van der Waals surface area contributed by atoms with E-state index in [0.29, 0.717) is 45.4 Å². The average Bonchev–Trinajstić information content (AvgIpc) is 4.08. The molecule has 14 heteroatoms. The fraction of sp³-hybridized carbons (Fsp3) is 0.250. The fourth-order valence-electron chi connectivity index (χ4n) is 7.59. The number of hydrogen-bond acceptors (Lipinski definition) is 7. The van der Waals surface area contributed by atoms with Crippen LogP contribution >= 0.6 is 0 Å². The maximum Gasteiger partial charge on any atom is 1.00 e. The van der Waals surface area contributed by atoms with E-state index in [-0.39, 0.29) is 62.5 Å². The third kappa shape index (κ3) is 13.9. The summed E-state index contributed by atoms with van der Waals surface area (Å²) in [5.41, 5.74) is 16.5. The molecule has 0 bridgehead atoms. The Hall–Kier alpha value is -5.84. The number of aromatic nitrogens is 6. The first-order chi connectivity index (χ1) is 33.0. The number of rotatable bonds is 6. The Bertz CT molecular complexity index is 2950. The van der Waals surface area contributed by atoms with Crippen LogP contribution in [0.4, 0.5) is 0 Å². The standard InChI is InChI=1S/C18H17N3.2C17H14BN3.C2H6BO.C2H6.Rb.3H2/c1-12(2)14-4-6-15(7-5-14)17-8-13(3)11-21-18(17)16(9-19)10-20-21;2*1-11(2)12-3-5-13(6-4-12)16-7-15(18)10-21-17(16)14(8-19)9-20-21;1-3(2)4;1-2;;;;/h4-8,10-12H,1-3H3;2*3-7,9-11H,1-2H3;1-2H3;1-2H3;;3*1H/q;;;-1;;+1;;;/i;;;;;;3*1+1. The number of hydrogen-bond donors (Lipinski definition) is 0. The van der Waals surface area contributed by atoms with Crippen molar-refractivity contribution < 1.29 is 67.5 Å². The van der Waals surface area contributed by atoms with Crippen LogP contribution in [0.3, 0.4) is 0 Å².